The summed E-state index contributed by atoms with van der Waals surface area (Å²) < 4.78 is 0. The number of carbonyl (C=O) groups is 1. The van der Waals surface area contributed by atoms with Gasteiger partial charge >= 0.3 is 5.97 Å². The van der Waals surface area contributed by atoms with E-state index in [0.29, 0.717) is 6.54 Å². The van der Waals surface area contributed by atoms with Crippen LogP contribution in [0.15, 0.2) is 42.5 Å². The summed E-state index contributed by atoms with van der Waals surface area (Å²) in [6.07, 6.45) is 0. The highest BCUT2D eigenvalue weighted by Crippen LogP contribution is 2.22. The second-order valence-corrected chi connectivity index (χ2v) is 6.51. The molecule has 0 aliphatic rings. The number of nitrogens with one attached hydrogen (secondary N) is 1. The van der Waals surface area contributed by atoms with Gasteiger partial charge in [0.25, 0.3) is 0 Å². The van der Waals surface area contributed by atoms with Gasteiger partial charge < -0.3 is 10.4 Å². The molecule has 2 aromatic rings. The zero-order valence-electron chi connectivity index (χ0n) is 14.3. The highest BCUT2D eigenvalue weighted by molar-refractivity contribution is 5.73. The lowest BCUT2D eigenvalue weighted by molar-refractivity contribution is -0.140. The molecule has 0 aromatic heterocycles. The summed E-state index contributed by atoms with van der Waals surface area (Å²) >= 11 is 0. The quantitative estimate of drug-likeness (QED) is 0.842. The molecule has 0 aliphatic carbocycles. The fraction of sp³-hybridized carbons (Fsp3) is 0.350. The number of hydrogen-bond donors (Lipinski definition) is 2. The van der Waals surface area contributed by atoms with Gasteiger partial charge in [0.15, 0.2) is 0 Å². The zero-order valence-corrected chi connectivity index (χ0v) is 14.3. The minimum Gasteiger partial charge on any atom is -0.480 e. The molecule has 0 aliphatic heterocycles. The molecule has 0 saturated carbocycles. The molecule has 3 heteroatoms. The van der Waals surface area contributed by atoms with E-state index in [1.54, 1.807) is 0 Å². The number of aryl methyl sites for hydroxylation is 2. The standard InChI is InChI=1S/C20H25NO2/c1-13(2)19(20(22)23)21-12-16-5-7-17(8-6-16)18-10-14(3)9-15(4)11-18/h5-11,13,19,21H,12H2,1-4H3,(H,22,23)/t19-/m1/s1. The van der Waals surface area contributed by atoms with Gasteiger partial charge in [-0.25, -0.2) is 0 Å². The Balaban J connectivity index is 2.09. The molecule has 0 radical (unpaired) electrons. The third-order valence-electron chi connectivity index (χ3n) is 3.97. The average Bonchev–Trinajstić information content (AvgIpc) is 2.46. The van der Waals surface area contributed by atoms with E-state index in [4.69, 9.17) is 0 Å². The van der Waals surface area contributed by atoms with Gasteiger partial charge in [-0.3, -0.25) is 4.79 Å². The smallest absolute Gasteiger partial charge is 0.320 e. The van der Waals surface area contributed by atoms with E-state index < -0.39 is 12.0 Å². The predicted octanol–water partition coefficient (Wildman–Crippen LogP) is 4.17. The van der Waals surface area contributed by atoms with Gasteiger partial charge in [-0.1, -0.05) is 67.4 Å². The molecule has 122 valence electrons. The van der Waals surface area contributed by atoms with Crippen LogP contribution in [0.1, 0.15) is 30.5 Å². The summed E-state index contributed by atoms with van der Waals surface area (Å²) in [7, 11) is 0. The van der Waals surface area contributed by atoms with Gasteiger partial charge in [-0.2, -0.15) is 0 Å². The van der Waals surface area contributed by atoms with Crippen LogP contribution in [0.3, 0.4) is 0 Å². The van der Waals surface area contributed by atoms with Crippen LogP contribution in [0.4, 0.5) is 0 Å². The van der Waals surface area contributed by atoms with Crippen LogP contribution in [-0.2, 0) is 11.3 Å². The Morgan fingerprint density at radius 3 is 2.04 bits per heavy atom. The molecule has 0 spiro atoms. The molecule has 0 bridgehead atoms. The zero-order chi connectivity index (χ0) is 17.0. The molecule has 0 saturated heterocycles. The molecule has 2 aromatic carbocycles. The van der Waals surface area contributed by atoms with Crippen molar-refractivity contribution in [2.75, 3.05) is 0 Å². The summed E-state index contributed by atoms with van der Waals surface area (Å²) in [6.45, 7) is 8.59. The first kappa shape index (κ1) is 17.2. The van der Waals surface area contributed by atoms with Crippen molar-refractivity contribution in [2.45, 2.75) is 40.3 Å². The van der Waals surface area contributed by atoms with E-state index >= 15 is 0 Å². The fourth-order valence-corrected chi connectivity index (χ4v) is 2.79. The van der Waals surface area contributed by atoms with Crippen molar-refractivity contribution in [1.82, 2.24) is 5.32 Å². The maximum absolute atomic E-state index is 11.2. The second-order valence-electron chi connectivity index (χ2n) is 6.51. The molecule has 3 nitrogen and oxygen atoms in total. The first-order valence-corrected chi connectivity index (χ1v) is 8.00. The maximum Gasteiger partial charge on any atom is 0.320 e. The molecule has 0 unspecified atom stereocenters. The summed E-state index contributed by atoms with van der Waals surface area (Å²) in [4.78, 5) is 11.2. The number of carboxylic acids is 1. The van der Waals surface area contributed by atoms with Gasteiger partial charge in [0.2, 0.25) is 0 Å². The Morgan fingerprint density at radius 2 is 1.57 bits per heavy atom. The van der Waals surface area contributed by atoms with E-state index in [1.165, 1.54) is 22.3 Å². The molecule has 2 rings (SSSR count). The van der Waals surface area contributed by atoms with Crippen molar-refractivity contribution in [3.63, 3.8) is 0 Å². The highest BCUT2D eigenvalue weighted by Gasteiger charge is 2.20. The van der Waals surface area contributed by atoms with Crippen molar-refractivity contribution in [1.29, 1.82) is 0 Å². The number of benzene rings is 2. The van der Waals surface area contributed by atoms with Crippen LogP contribution < -0.4 is 5.32 Å². The first-order valence-electron chi connectivity index (χ1n) is 8.00. The van der Waals surface area contributed by atoms with Crippen molar-refractivity contribution >= 4 is 5.97 Å². The van der Waals surface area contributed by atoms with Crippen LogP contribution in [0.25, 0.3) is 11.1 Å². The van der Waals surface area contributed by atoms with Crippen molar-refractivity contribution < 1.29 is 9.90 Å². The van der Waals surface area contributed by atoms with Crippen LogP contribution in [0, 0.1) is 19.8 Å². The van der Waals surface area contributed by atoms with Crippen LogP contribution in [0.5, 0.6) is 0 Å². The highest BCUT2D eigenvalue weighted by atomic mass is 16.4. The Bertz CT molecular complexity index is 654. The maximum atomic E-state index is 11.2. The monoisotopic (exact) mass is 311 g/mol. The van der Waals surface area contributed by atoms with Crippen molar-refractivity contribution in [3.8, 4) is 11.1 Å². The summed E-state index contributed by atoms with van der Waals surface area (Å²) in [5.74, 6) is -0.742. The number of carboxylic acid groups (broad SMARTS) is 1. The minimum absolute atomic E-state index is 0.0574. The summed E-state index contributed by atoms with van der Waals surface area (Å²) in [6, 6.07) is 14.3. The lowest BCUT2D eigenvalue weighted by atomic mass is 9.99. The fourth-order valence-electron chi connectivity index (χ4n) is 2.79. The van der Waals surface area contributed by atoms with E-state index in [0.717, 1.165) is 5.56 Å². The Morgan fingerprint density at radius 1 is 1.00 bits per heavy atom. The van der Waals surface area contributed by atoms with Crippen molar-refractivity contribution in [3.05, 3.63) is 59.2 Å². The molecule has 23 heavy (non-hydrogen) atoms. The van der Waals surface area contributed by atoms with Gasteiger partial charge in [-0.05, 0) is 36.5 Å². The Labute approximate surface area is 138 Å². The molecule has 0 fully saturated rings. The summed E-state index contributed by atoms with van der Waals surface area (Å²) in [5.41, 5.74) is 6.00. The third kappa shape index (κ3) is 4.67. The number of hydrogen-bond acceptors (Lipinski definition) is 2. The molecule has 1 atom stereocenters. The van der Waals surface area contributed by atoms with Crippen molar-refractivity contribution in [2.24, 2.45) is 5.92 Å². The van der Waals surface area contributed by atoms with Crippen LogP contribution >= 0.6 is 0 Å². The molecule has 2 N–H and O–H groups in total. The van der Waals surface area contributed by atoms with Crippen LogP contribution in [-0.4, -0.2) is 17.1 Å². The summed E-state index contributed by atoms with van der Waals surface area (Å²) in [5, 5.41) is 12.3. The molecule has 0 heterocycles. The van der Waals surface area contributed by atoms with Gasteiger partial charge in [0.05, 0.1) is 0 Å². The lowest BCUT2D eigenvalue weighted by Gasteiger charge is -2.18. The Kier molecular flexibility index (Phi) is 5.56. The van der Waals surface area contributed by atoms with E-state index in [2.05, 4.69) is 61.6 Å². The first-order chi connectivity index (χ1) is 10.9. The largest absolute Gasteiger partial charge is 0.480 e. The molecule has 0 amide bonds. The minimum atomic E-state index is -0.799. The Hall–Kier alpha value is -2.13. The lowest BCUT2D eigenvalue weighted by Crippen LogP contribution is -2.40. The van der Waals surface area contributed by atoms with Gasteiger partial charge in [0.1, 0.15) is 6.04 Å². The van der Waals surface area contributed by atoms with E-state index in [-0.39, 0.29) is 5.92 Å². The average molecular weight is 311 g/mol. The normalized spacial score (nSPS) is 12.4. The van der Waals surface area contributed by atoms with Gasteiger partial charge in [0, 0.05) is 6.54 Å². The SMILES string of the molecule is Cc1cc(C)cc(-c2ccc(CN[C@@H](C(=O)O)C(C)C)cc2)c1. The topological polar surface area (TPSA) is 49.3 Å². The third-order valence-corrected chi connectivity index (χ3v) is 3.97. The number of rotatable bonds is 6. The second kappa shape index (κ2) is 7.42. The molecular weight excluding hydrogens is 286 g/mol. The van der Waals surface area contributed by atoms with E-state index in [1.807, 2.05) is 13.8 Å². The predicted molar refractivity (Wildman–Crippen MR) is 94.5 cm³/mol. The molecular formula is C20H25NO2. The van der Waals surface area contributed by atoms with E-state index in [9.17, 15) is 9.90 Å². The van der Waals surface area contributed by atoms with Gasteiger partial charge in [-0.15, -0.1) is 0 Å². The number of aliphatic carboxylic acids is 1. The van der Waals surface area contributed by atoms with Crippen LogP contribution in [0.2, 0.25) is 0 Å².